The first-order valence-electron chi connectivity index (χ1n) is 5.01. The molecule has 0 amide bonds. The third-order valence-electron chi connectivity index (χ3n) is 4.25. The van der Waals surface area contributed by atoms with Gasteiger partial charge in [-0.15, -0.1) is 0 Å². The van der Waals surface area contributed by atoms with Gasteiger partial charge in [0.05, 0.1) is 22.7 Å². The minimum Gasteiger partial charge on any atom is -0.431 e. The molecular formula is C11H10O5. The van der Waals surface area contributed by atoms with Crippen LogP contribution in [0.25, 0.3) is 0 Å². The number of carbonyl (C=O) groups is 3. The highest BCUT2D eigenvalue weighted by molar-refractivity contribution is 6.07. The first kappa shape index (κ1) is 9.57. The standard InChI is InChI=1S/C11H10O5/c1-4-5-10(2,8(13)15-4)6-7(12)16-9(14)11(5,6)3/h5-6H,1H2,2-3H3. The van der Waals surface area contributed by atoms with Crippen molar-refractivity contribution < 1.29 is 23.9 Å². The van der Waals surface area contributed by atoms with Gasteiger partial charge in [-0.2, -0.15) is 0 Å². The summed E-state index contributed by atoms with van der Waals surface area (Å²) < 4.78 is 9.58. The molecule has 3 aliphatic rings. The summed E-state index contributed by atoms with van der Waals surface area (Å²) in [6.07, 6.45) is 0. The average molecular weight is 222 g/mol. The zero-order valence-corrected chi connectivity index (χ0v) is 8.90. The number of esters is 3. The number of cyclic esters (lactones) is 3. The molecule has 0 aromatic carbocycles. The van der Waals surface area contributed by atoms with Gasteiger partial charge in [0, 0.05) is 0 Å². The van der Waals surface area contributed by atoms with Gasteiger partial charge in [0.15, 0.2) is 0 Å². The van der Waals surface area contributed by atoms with Gasteiger partial charge in [0.1, 0.15) is 5.76 Å². The topological polar surface area (TPSA) is 69.7 Å². The number of hydrogen-bond donors (Lipinski definition) is 0. The lowest BCUT2D eigenvalue weighted by Gasteiger charge is -2.52. The fraction of sp³-hybridized carbons (Fsp3) is 0.545. The Kier molecular flexibility index (Phi) is 1.32. The second kappa shape index (κ2) is 2.21. The number of fused-ring (bicyclic) bond motifs is 4. The van der Waals surface area contributed by atoms with Gasteiger partial charge < -0.3 is 9.47 Å². The van der Waals surface area contributed by atoms with Crippen molar-refractivity contribution in [1.82, 2.24) is 0 Å². The van der Waals surface area contributed by atoms with Crippen LogP contribution in [0, 0.1) is 22.7 Å². The van der Waals surface area contributed by atoms with Gasteiger partial charge in [-0.1, -0.05) is 6.58 Å². The first-order valence-corrected chi connectivity index (χ1v) is 5.01. The molecule has 4 atom stereocenters. The Hall–Kier alpha value is -1.65. The largest absolute Gasteiger partial charge is 0.431 e. The van der Waals surface area contributed by atoms with E-state index in [0.717, 1.165) is 0 Å². The SMILES string of the molecule is C=C1OC(=O)C2(C)C1C1(C)C(=O)OC(=O)C21. The molecule has 3 fully saturated rings. The number of allylic oxidation sites excluding steroid dienone is 1. The number of rotatable bonds is 0. The fourth-order valence-corrected chi connectivity index (χ4v) is 3.66. The molecule has 84 valence electrons. The Morgan fingerprint density at radius 1 is 1.00 bits per heavy atom. The summed E-state index contributed by atoms with van der Waals surface area (Å²) in [5, 5.41) is 0. The van der Waals surface area contributed by atoms with Crippen molar-refractivity contribution in [2.24, 2.45) is 22.7 Å². The van der Waals surface area contributed by atoms with Crippen LogP contribution in [0.2, 0.25) is 0 Å². The fourth-order valence-electron chi connectivity index (χ4n) is 3.66. The summed E-state index contributed by atoms with van der Waals surface area (Å²) in [5.41, 5.74) is -1.95. The van der Waals surface area contributed by atoms with Gasteiger partial charge in [-0.05, 0) is 13.8 Å². The zero-order chi connectivity index (χ0) is 11.9. The van der Waals surface area contributed by atoms with Crippen molar-refractivity contribution in [3.8, 4) is 0 Å². The predicted octanol–water partition coefficient (Wildman–Crippen LogP) is 0.399. The lowest BCUT2D eigenvalue weighted by atomic mass is 9.41. The van der Waals surface area contributed by atoms with E-state index in [1.165, 1.54) is 0 Å². The first-order chi connectivity index (χ1) is 7.34. The van der Waals surface area contributed by atoms with Crippen LogP contribution in [0.4, 0.5) is 0 Å². The molecule has 5 heteroatoms. The Morgan fingerprint density at radius 2 is 1.50 bits per heavy atom. The van der Waals surface area contributed by atoms with Crippen LogP contribution in [0.15, 0.2) is 12.3 Å². The van der Waals surface area contributed by atoms with Crippen LogP contribution in [-0.2, 0) is 23.9 Å². The van der Waals surface area contributed by atoms with Crippen LogP contribution in [0.3, 0.4) is 0 Å². The van der Waals surface area contributed by atoms with Gasteiger partial charge in [-0.3, -0.25) is 14.4 Å². The third-order valence-corrected chi connectivity index (χ3v) is 4.25. The number of ether oxygens (including phenoxy) is 2. The molecule has 0 aromatic heterocycles. The summed E-state index contributed by atoms with van der Waals surface area (Å²) in [4.78, 5) is 34.9. The van der Waals surface area contributed by atoms with E-state index in [1.54, 1.807) is 13.8 Å². The molecule has 0 spiro atoms. The highest BCUT2D eigenvalue weighted by Crippen LogP contribution is 2.72. The lowest BCUT2D eigenvalue weighted by molar-refractivity contribution is -0.176. The number of carbonyl (C=O) groups excluding carboxylic acids is 3. The third kappa shape index (κ3) is 0.628. The quantitative estimate of drug-likeness (QED) is 0.438. The molecule has 5 nitrogen and oxygen atoms in total. The maximum Gasteiger partial charge on any atom is 0.321 e. The smallest absolute Gasteiger partial charge is 0.321 e. The molecule has 0 bridgehead atoms. The van der Waals surface area contributed by atoms with Crippen molar-refractivity contribution in [1.29, 1.82) is 0 Å². The molecule has 2 saturated heterocycles. The van der Waals surface area contributed by atoms with Crippen molar-refractivity contribution in [2.75, 3.05) is 0 Å². The highest BCUT2D eigenvalue weighted by Gasteiger charge is 2.84. The van der Waals surface area contributed by atoms with Crippen LogP contribution in [0.5, 0.6) is 0 Å². The molecule has 3 rings (SSSR count). The Labute approximate surface area is 91.4 Å². The average Bonchev–Trinajstić information content (AvgIpc) is 2.44. The molecule has 1 aliphatic carbocycles. The maximum absolute atomic E-state index is 11.7. The Morgan fingerprint density at radius 3 is 2.06 bits per heavy atom. The van der Waals surface area contributed by atoms with Gasteiger partial charge in [0.2, 0.25) is 0 Å². The normalized spacial score (nSPS) is 49.4. The van der Waals surface area contributed by atoms with E-state index >= 15 is 0 Å². The molecule has 0 N–H and O–H groups in total. The van der Waals surface area contributed by atoms with E-state index in [1.807, 2.05) is 0 Å². The van der Waals surface area contributed by atoms with Gasteiger partial charge in [-0.25, -0.2) is 0 Å². The zero-order valence-electron chi connectivity index (χ0n) is 8.90. The molecule has 16 heavy (non-hydrogen) atoms. The van der Waals surface area contributed by atoms with E-state index < -0.39 is 40.6 Å². The van der Waals surface area contributed by atoms with Gasteiger partial charge in [0.25, 0.3) is 0 Å². The second-order valence-corrected chi connectivity index (χ2v) is 5.00. The Balaban J connectivity index is 2.20. The monoisotopic (exact) mass is 222 g/mol. The van der Waals surface area contributed by atoms with Crippen molar-refractivity contribution in [3.05, 3.63) is 12.3 Å². The van der Waals surface area contributed by atoms with E-state index in [2.05, 4.69) is 11.3 Å². The van der Waals surface area contributed by atoms with Crippen molar-refractivity contribution in [3.63, 3.8) is 0 Å². The molecule has 4 unspecified atom stereocenters. The second-order valence-electron chi connectivity index (χ2n) is 5.00. The van der Waals surface area contributed by atoms with E-state index in [4.69, 9.17) is 4.74 Å². The minimum atomic E-state index is -0.977. The van der Waals surface area contributed by atoms with Gasteiger partial charge >= 0.3 is 17.9 Å². The van der Waals surface area contributed by atoms with Crippen molar-refractivity contribution >= 4 is 17.9 Å². The van der Waals surface area contributed by atoms with Crippen LogP contribution in [-0.4, -0.2) is 17.9 Å². The molecule has 0 radical (unpaired) electrons. The highest BCUT2D eigenvalue weighted by atomic mass is 16.6. The maximum atomic E-state index is 11.7. The lowest BCUT2D eigenvalue weighted by Crippen LogP contribution is -2.63. The van der Waals surface area contributed by atoms with Crippen LogP contribution >= 0.6 is 0 Å². The summed E-state index contributed by atoms with van der Waals surface area (Å²) in [6, 6.07) is 0. The molecule has 1 saturated carbocycles. The summed E-state index contributed by atoms with van der Waals surface area (Å²) in [7, 11) is 0. The molecule has 2 heterocycles. The summed E-state index contributed by atoms with van der Waals surface area (Å²) in [6.45, 7) is 6.89. The Bertz CT molecular complexity index is 423. The molecular weight excluding hydrogens is 212 g/mol. The van der Waals surface area contributed by atoms with Crippen LogP contribution in [0.1, 0.15) is 13.8 Å². The van der Waals surface area contributed by atoms with E-state index in [-0.39, 0.29) is 5.76 Å². The van der Waals surface area contributed by atoms with Crippen LogP contribution < -0.4 is 0 Å². The minimum absolute atomic E-state index is 0.262. The number of hydrogen-bond acceptors (Lipinski definition) is 5. The molecule has 2 aliphatic heterocycles. The van der Waals surface area contributed by atoms with Crippen molar-refractivity contribution in [2.45, 2.75) is 13.8 Å². The summed E-state index contributed by atoms with van der Waals surface area (Å²) in [5.74, 6) is -2.61. The predicted molar refractivity (Wildman–Crippen MR) is 49.5 cm³/mol. The van der Waals surface area contributed by atoms with E-state index in [9.17, 15) is 14.4 Å². The van der Waals surface area contributed by atoms with E-state index in [0.29, 0.717) is 0 Å². The summed E-state index contributed by atoms with van der Waals surface area (Å²) >= 11 is 0. The molecule has 0 aromatic rings.